The Balaban J connectivity index is 2.35. The van der Waals surface area contributed by atoms with Crippen LogP contribution in [0.5, 0.6) is 0 Å². The van der Waals surface area contributed by atoms with Crippen molar-refractivity contribution in [1.29, 1.82) is 0 Å². The molecule has 0 radical (unpaired) electrons. The van der Waals surface area contributed by atoms with E-state index in [0.29, 0.717) is 11.3 Å². The highest BCUT2D eigenvalue weighted by molar-refractivity contribution is 5.95. The van der Waals surface area contributed by atoms with Gasteiger partial charge in [-0.05, 0) is 26.0 Å². The van der Waals surface area contributed by atoms with E-state index in [1.165, 1.54) is 0 Å². The van der Waals surface area contributed by atoms with E-state index < -0.39 is 5.97 Å². The van der Waals surface area contributed by atoms with Crippen LogP contribution in [0.1, 0.15) is 21.7 Å². The Kier molecular flexibility index (Phi) is 2.79. The number of pyridine rings is 1. The normalized spacial score (nSPS) is 10.9. The van der Waals surface area contributed by atoms with Crippen LogP contribution in [0.2, 0.25) is 0 Å². The Morgan fingerprint density at radius 2 is 1.80 bits per heavy atom. The molecule has 0 atom stereocenters. The van der Waals surface area contributed by atoms with Gasteiger partial charge in [0.1, 0.15) is 5.82 Å². The van der Waals surface area contributed by atoms with E-state index in [4.69, 9.17) is 0 Å². The van der Waals surface area contributed by atoms with E-state index >= 15 is 0 Å². The van der Waals surface area contributed by atoms with Gasteiger partial charge in [0, 0.05) is 11.3 Å². The first-order chi connectivity index (χ1) is 9.58. The lowest BCUT2D eigenvalue weighted by Crippen LogP contribution is -1.97. The minimum absolute atomic E-state index is 0.0873. The molecule has 4 heteroatoms. The number of imidazole rings is 1. The van der Waals surface area contributed by atoms with E-state index in [2.05, 4.69) is 4.98 Å². The van der Waals surface area contributed by atoms with E-state index in [1.54, 1.807) is 6.07 Å². The summed E-state index contributed by atoms with van der Waals surface area (Å²) >= 11 is 0. The van der Waals surface area contributed by atoms with Gasteiger partial charge in [-0.15, -0.1) is 0 Å². The highest BCUT2D eigenvalue weighted by atomic mass is 16.4. The van der Waals surface area contributed by atoms with Crippen molar-refractivity contribution in [2.75, 3.05) is 0 Å². The largest absolute Gasteiger partial charge is 0.476 e. The second kappa shape index (κ2) is 4.49. The van der Waals surface area contributed by atoms with Gasteiger partial charge in [0.25, 0.3) is 0 Å². The molecule has 2 aromatic heterocycles. The lowest BCUT2D eigenvalue weighted by atomic mass is 10.1. The van der Waals surface area contributed by atoms with Crippen LogP contribution in [-0.4, -0.2) is 20.5 Å². The number of aromatic nitrogens is 2. The van der Waals surface area contributed by atoms with Crippen molar-refractivity contribution < 1.29 is 9.90 Å². The SMILES string of the molecule is Cc1ccc(-c2nc(C(=O)O)c3cccc(C)n23)cc1. The molecule has 100 valence electrons. The maximum absolute atomic E-state index is 11.3. The third-order valence-corrected chi connectivity index (χ3v) is 3.37. The van der Waals surface area contributed by atoms with Crippen LogP contribution in [0.3, 0.4) is 0 Å². The molecule has 0 fully saturated rings. The summed E-state index contributed by atoms with van der Waals surface area (Å²) < 4.78 is 1.88. The number of hydrogen-bond donors (Lipinski definition) is 1. The fourth-order valence-electron chi connectivity index (χ4n) is 2.35. The lowest BCUT2D eigenvalue weighted by molar-refractivity contribution is 0.0693. The molecule has 0 bridgehead atoms. The van der Waals surface area contributed by atoms with Crippen molar-refractivity contribution in [1.82, 2.24) is 9.38 Å². The molecule has 0 aliphatic heterocycles. The molecule has 3 rings (SSSR count). The van der Waals surface area contributed by atoms with E-state index in [9.17, 15) is 9.90 Å². The van der Waals surface area contributed by atoms with Gasteiger partial charge in [-0.3, -0.25) is 4.40 Å². The fourth-order valence-corrected chi connectivity index (χ4v) is 2.35. The molecule has 4 nitrogen and oxygen atoms in total. The Morgan fingerprint density at radius 1 is 1.10 bits per heavy atom. The van der Waals surface area contributed by atoms with Crippen molar-refractivity contribution in [3.8, 4) is 11.4 Å². The summed E-state index contributed by atoms with van der Waals surface area (Å²) in [6.45, 7) is 3.96. The van der Waals surface area contributed by atoms with E-state index in [0.717, 1.165) is 16.8 Å². The van der Waals surface area contributed by atoms with Gasteiger partial charge in [0.15, 0.2) is 5.69 Å². The molecule has 3 aromatic rings. The molecule has 0 unspecified atom stereocenters. The molecule has 1 aromatic carbocycles. The van der Waals surface area contributed by atoms with Crippen molar-refractivity contribution in [3.05, 3.63) is 59.4 Å². The monoisotopic (exact) mass is 266 g/mol. The van der Waals surface area contributed by atoms with E-state index in [-0.39, 0.29) is 5.69 Å². The van der Waals surface area contributed by atoms with Crippen LogP contribution in [0.15, 0.2) is 42.5 Å². The highest BCUT2D eigenvalue weighted by Gasteiger charge is 2.18. The van der Waals surface area contributed by atoms with Crippen LogP contribution >= 0.6 is 0 Å². The summed E-state index contributed by atoms with van der Waals surface area (Å²) in [4.78, 5) is 15.7. The number of aryl methyl sites for hydroxylation is 2. The summed E-state index contributed by atoms with van der Waals surface area (Å²) in [5.74, 6) is -0.345. The fraction of sp³-hybridized carbons (Fsp3) is 0.125. The van der Waals surface area contributed by atoms with Gasteiger partial charge in [-0.1, -0.05) is 35.9 Å². The molecule has 0 spiro atoms. The molecule has 0 aliphatic carbocycles. The zero-order chi connectivity index (χ0) is 14.3. The predicted molar refractivity (Wildman–Crippen MR) is 77.1 cm³/mol. The predicted octanol–water partition coefficient (Wildman–Crippen LogP) is 3.32. The quantitative estimate of drug-likeness (QED) is 0.774. The van der Waals surface area contributed by atoms with Crippen LogP contribution in [0, 0.1) is 13.8 Å². The second-order valence-corrected chi connectivity index (χ2v) is 4.84. The van der Waals surface area contributed by atoms with Crippen LogP contribution < -0.4 is 0 Å². The zero-order valence-electron chi connectivity index (χ0n) is 11.3. The standard InChI is InChI=1S/C16H14N2O2/c1-10-6-8-12(9-7-10)15-17-14(16(19)20)13-5-3-4-11(2)18(13)15/h3-9H,1-2H3,(H,19,20). The van der Waals surface area contributed by atoms with Crippen molar-refractivity contribution in [2.45, 2.75) is 13.8 Å². The topological polar surface area (TPSA) is 54.6 Å². The third kappa shape index (κ3) is 1.86. The molecule has 0 aliphatic rings. The van der Waals surface area contributed by atoms with Crippen molar-refractivity contribution in [3.63, 3.8) is 0 Å². The lowest BCUT2D eigenvalue weighted by Gasteiger charge is -2.05. The summed E-state index contributed by atoms with van der Waals surface area (Å²) in [7, 11) is 0. The molecule has 0 saturated heterocycles. The Morgan fingerprint density at radius 3 is 2.45 bits per heavy atom. The van der Waals surface area contributed by atoms with Gasteiger partial charge >= 0.3 is 5.97 Å². The number of carbonyl (C=O) groups is 1. The first kappa shape index (κ1) is 12.4. The van der Waals surface area contributed by atoms with Crippen LogP contribution in [0.4, 0.5) is 0 Å². The van der Waals surface area contributed by atoms with Crippen LogP contribution in [0.25, 0.3) is 16.9 Å². The minimum atomic E-state index is -1.01. The maximum Gasteiger partial charge on any atom is 0.356 e. The van der Waals surface area contributed by atoms with Crippen molar-refractivity contribution >= 4 is 11.5 Å². The smallest absolute Gasteiger partial charge is 0.356 e. The number of aromatic carboxylic acids is 1. The molecule has 2 heterocycles. The summed E-state index contributed by atoms with van der Waals surface area (Å²) in [6.07, 6.45) is 0. The third-order valence-electron chi connectivity index (χ3n) is 3.37. The number of carboxylic acids is 1. The molecular weight excluding hydrogens is 252 g/mol. The summed E-state index contributed by atoms with van der Waals surface area (Å²) in [5, 5.41) is 9.30. The number of nitrogens with zero attached hydrogens (tertiary/aromatic N) is 2. The van der Waals surface area contributed by atoms with Gasteiger partial charge in [-0.25, -0.2) is 9.78 Å². The maximum atomic E-state index is 11.3. The Labute approximate surface area is 116 Å². The van der Waals surface area contributed by atoms with Crippen LogP contribution in [-0.2, 0) is 0 Å². The molecular formula is C16H14N2O2. The van der Waals surface area contributed by atoms with Gasteiger partial charge in [0.05, 0.1) is 5.52 Å². The Bertz CT molecular complexity index is 801. The first-order valence-electron chi connectivity index (χ1n) is 6.36. The number of fused-ring (bicyclic) bond motifs is 1. The van der Waals surface area contributed by atoms with Gasteiger partial charge in [0.2, 0.25) is 0 Å². The summed E-state index contributed by atoms with van der Waals surface area (Å²) in [5.41, 5.74) is 3.73. The van der Waals surface area contributed by atoms with Gasteiger partial charge in [-0.2, -0.15) is 0 Å². The molecule has 20 heavy (non-hydrogen) atoms. The number of carboxylic acid groups (broad SMARTS) is 1. The van der Waals surface area contributed by atoms with Gasteiger partial charge < -0.3 is 5.11 Å². The second-order valence-electron chi connectivity index (χ2n) is 4.84. The number of hydrogen-bond acceptors (Lipinski definition) is 2. The summed E-state index contributed by atoms with van der Waals surface area (Å²) in [6, 6.07) is 13.5. The number of rotatable bonds is 2. The molecule has 0 amide bonds. The van der Waals surface area contributed by atoms with Crippen molar-refractivity contribution in [2.24, 2.45) is 0 Å². The first-order valence-corrected chi connectivity index (χ1v) is 6.36. The Hall–Kier alpha value is -2.62. The zero-order valence-corrected chi connectivity index (χ0v) is 11.3. The van der Waals surface area contributed by atoms with E-state index in [1.807, 2.05) is 54.6 Å². The molecule has 0 saturated carbocycles. The average Bonchev–Trinajstić information content (AvgIpc) is 2.81. The minimum Gasteiger partial charge on any atom is -0.476 e. The molecule has 1 N–H and O–H groups in total. The highest BCUT2D eigenvalue weighted by Crippen LogP contribution is 2.24. The average molecular weight is 266 g/mol. The number of benzene rings is 1.